The van der Waals surface area contributed by atoms with Crippen LogP contribution in [0.15, 0.2) is 0 Å². The smallest absolute Gasteiger partial charge is 0.143 e. The highest BCUT2D eigenvalue weighted by Crippen LogP contribution is 2.31. The van der Waals surface area contributed by atoms with Gasteiger partial charge in [-0.05, 0) is 26.7 Å². The van der Waals surface area contributed by atoms with Crippen LogP contribution in [-0.4, -0.2) is 14.8 Å². The maximum Gasteiger partial charge on any atom is 0.143 e. The fourth-order valence-corrected chi connectivity index (χ4v) is 3.37. The molecule has 0 amide bonds. The molecule has 0 aromatic carbocycles. The standard InChI is InChI=1S/C14H24BrN3/c1-11(2)18-13(10-15)16-17-14(18)12-8-6-4-3-5-7-9-12/h11-12H,3-10H2,1-2H3. The fraction of sp³-hybridized carbons (Fsp3) is 0.857. The summed E-state index contributed by atoms with van der Waals surface area (Å²) in [5.41, 5.74) is 0. The molecule has 4 heteroatoms. The topological polar surface area (TPSA) is 30.7 Å². The van der Waals surface area contributed by atoms with Crippen LogP contribution >= 0.6 is 15.9 Å². The van der Waals surface area contributed by atoms with E-state index in [1.54, 1.807) is 0 Å². The molecule has 0 spiro atoms. The van der Waals surface area contributed by atoms with E-state index < -0.39 is 0 Å². The first-order valence-electron chi connectivity index (χ1n) is 7.23. The summed E-state index contributed by atoms with van der Waals surface area (Å²) >= 11 is 3.52. The molecular weight excluding hydrogens is 290 g/mol. The van der Waals surface area contributed by atoms with Crippen LogP contribution in [-0.2, 0) is 5.33 Å². The van der Waals surface area contributed by atoms with Crippen LogP contribution in [0.4, 0.5) is 0 Å². The van der Waals surface area contributed by atoms with Crippen LogP contribution in [0.25, 0.3) is 0 Å². The Morgan fingerprint density at radius 2 is 1.72 bits per heavy atom. The van der Waals surface area contributed by atoms with E-state index in [0.29, 0.717) is 12.0 Å². The van der Waals surface area contributed by atoms with Gasteiger partial charge in [-0.25, -0.2) is 0 Å². The van der Waals surface area contributed by atoms with Crippen molar-refractivity contribution in [2.45, 2.75) is 76.1 Å². The summed E-state index contributed by atoms with van der Waals surface area (Å²) in [6.45, 7) is 4.45. The maximum atomic E-state index is 4.49. The molecule has 0 unspecified atom stereocenters. The van der Waals surface area contributed by atoms with Crippen molar-refractivity contribution in [1.29, 1.82) is 0 Å². The molecule has 1 aliphatic rings. The first-order chi connectivity index (χ1) is 8.74. The lowest BCUT2D eigenvalue weighted by atomic mass is 9.90. The van der Waals surface area contributed by atoms with Crippen molar-refractivity contribution >= 4 is 15.9 Å². The monoisotopic (exact) mass is 313 g/mol. The summed E-state index contributed by atoms with van der Waals surface area (Å²) in [6.07, 6.45) is 9.45. The number of hydrogen-bond donors (Lipinski definition) is 0. The van der Waals surface area contributed by atoms with Gasteiger partial charge in [-0.3, -0.25) is 0 Å². The number of nitrogens with zero attached hydrogens (tertiary/aromatic N) is 3. The zero-order chi connectivity index (χ0) is 13.0. The zero-order valence-electron chi connectivity index (χ0n) is 11.5. The van der Waals surface area contributed by atoms with E-state index in [2.05, 4.69) is 44.5 Å². The van der Waals surface area contributed by atoms with Gasteiger partial charge in [0.05, 0.1) is 5.33 Å². The van der Waals surface area contributed by atoms with E-state index in [0.717, 1.165) is 11.2 Å². The van der Waals surface area contributed by atoms with Gasteiger partial charge in [-0.1, -0.05) is 48.0 Å². The van der Waals surface area contributed by atoms with Gasteiger partial charge in [0.25, 0.3) is 0 Å². The van der Waals surface area contributed by atoms with Gasteiger partial charge in [0.15, 0.2) is 0 Å². The van der Waals surface area contributed by atoms with Crippen LogP contribution in [0.1, 0.15) is 82.4 Å². The Morgan fingerprint density at radius 3 is 2.28 bits per heavy atom. The van der Waals surface area contributed by atoms with Crippen LogP contribution in [0.2, 0.25) is 0 Å². The van der Waals surface area contributed by atoms with Gasteiger partial charge in [0.2, 0.25) is 0 Å². The Hall–Kier alpha value is -0.380. The Balaban J connectivity index is 2.22. The highest BCUT2D eigenvalue weighted by atomic mass is 79.9. The Morgan fingerprint density at radius 1 is 1.11 bits per heavy atom. The van der Waals surface area contributed by atoms with Gasteiger partial charge in [0.1, 0.15) is 11.6 Å². The van der Waals surface area contributed by atoms with Gasteiger partial charge in [-0.2, -0.15) is 0 Å². The lowest BCUT2D eigenvalue weighted by Crippen LogP contribution is -2.14. The van der Waals surface area contributed by atoms with E-state index in [4.69, 9.17) is 0 Å². The molecule has 1 aromatic heterocycles. The maximum absolute atomic E-state index is 4.49. The molecule has 1 aliphatic carbocycles. The molecule has 0 radical (unpaired) electrons. The van der Waals surface area contributed by atoms with E-state index in [1.807, 2.05) is 0 Å². The van der Waals surface area contributed by atoms with E-state index >= 15 is 0 Å². The number of rotatable bonds is 3. The van der Waals surface area contributed by atoms with Crippen LogP contribution < -0.4 is 0 Å². The van der Waals surface area contributed by atoms with E-state index in [9.17, 15) is 0 Å². The molecule has 1 aromatic rings. The van der Waals surface area contributed by atoms with Gasteiger partial charge < -0.3 is 4.57 Å². The molecule has 0 atom stereocenters. The van der Waals surface area contributed by atoms with Gasteiger partial charge in [-0.15, -0.1) is 10.2 Å². The normalized spacial score (nSPS) is 18.9. The molecule has 0 N–H and O–H groups in total. The Labute approximate surface area is 118 Å². The lowest BCUT2D eigenvalue weighted by molar-refractivity contribution is 0.418. The molecule has 3 nitrogen and oxygen atoms in total. The van der Waals surface area contributed by atoms with Crippen molar-refractivity contribution in [3.63, 3.8) is 0 Å². The molecule has 18 heavy (non-hydrogen) atoms. The quantitative estimate of drug-likeness (QED) is 0.764. The fourth-order valence-electron chi connectivity index (χ4n) is 2.98. The minimum atomic E-state index is 0.452. The number of alkyl halides is 1. The highest BCUT2D eigenvalue weighted by molar-refractivity contribution is 9.08. The summed E-state index contributed by atoms with van der Waals surface area (Å²) in [5, 5.41) is 9.63. The average molecular weight is 314 g/mol. The molecule has 0 saturated heterocycles. The third-order valence-corrected chi connectivity index (χ3v) is 4.40. The van der Waals surface area contributed by atoms with Crippen LogP contribution in [0, 0.1) is 0 Å². The van der Waals surface area contributed by atoms with Crippen molar-refractivity contribution in [2.24, 2.45) is 0 Å². The van der Waals surface area contributed by atoms with Crippen LogP contribution in [0.3, 0.4) is 0 Å². The second-order valence-corrected chi connectivity index (χ2v) is 6.17. The average Bonchev–Trinajstić information content (AvgIpc) is 2.72. The largest absolute Gasteiger partial charge is 0.311 e. The first kappa shape index (κ1) is 14.0. The molecule has 0 aliphatic heterocycles. The summed E-state index contributed by atoms with van der Waals surface area (Å²) in [4.78, 5) is 0. The predicted molar refractivity (Wildman–Crippen MR) is 78.1 cm³/mol. The zero-order valence-corrected chi connectivity index (χ0v) is 13.1. The van der Waals surface area contributed by atoms with Crippen molar-refractivity contribution in [3.8, 4) is 0 Å². The Kier molecular flexibility index (Phi) is 5.22. The van der Waals surface area contributed by atoms with Crippen molar-refractivity contribution in [3.05, 3.63) is 11.6 Å². The minimum Gasteiger partial charge on any atom is -0.311 e. The summed E-state index contributed by atoms with van der Waals surface area (Å²) in [6, 6.07) is 0.452. The summed E-state index contributed by atoms with van der Waals surface area (Å²) in [7, 11) is 0. The van der Waals surface area contributed by atoms with Crippen molar-refractivity contribution < 1.29 is 0 Å². The predicted octanol–water partition coefficient (Wildman–Crippen LogP) is 4.58. The molecule has 1 heterocycles. The number of hydrogen-bond acceptors (Lipinski definition) is 2. The third kappa shape index (κ3) is 3.14. The van der Waals surface area contributed by atoms with Gasteiger partial charge in [0, 0.05) is 12.0 Å². The molecule has 2 rings (SSSR count). The summed E-state index contributed by atoms with van der Waals surface area (Å²) < 4.78 is 2.33. The highest BCUT2D eigenvalue weighted by Gasteiger charge is 2.22. The second-order valence-electron chi connectivity index (χ2n) is 5.61. The number of aromatic nitrogens is 3. The molecule has 1 saturated carbocycles. The van der Waals surface area contributed by atoms with Crippen LogP contribution in [0.5, 0.6) is 0 Å². The first-order valence-corrected chi connectivity index (χ1v) is 8.35. The minimum absolute atomic E-state index is 0.452. The third-order valence-electron chi connectivity index (χ3n) is 3.90. The SMILES string of the molecule is CC(C)n1c(CBr)nnc1C1CCCCCCC1. The molecule has 102 valence electrons. The van der Waals surface area contributed by atoms with Crippen molar-refractivity contribution in [2.75, 3.05) is 0 Å². The lowest BCUT2D eigenvalue weighted by Gasteiger charge is -2.22. The van der Waals surface area contributed by atoms with E-state index in [-0.39, 0.29) is 0 Å². The van der Waals surface area contributed by atoms with Gasteiger partial charge >= 0.3 is 0 Å². The molecular formula is C14H24BrN3. The summed E-state index contributed by atoms with van der Waals surface area (Å²) in [5.74, 6) is 2.91. The molecule has 0 bridgehead atoms. The molecule has 1 fully saturated rings. The van der Waals surface area contributed by atoms with E-state index in [1.165, 1.54) is 50.8 Å². The Bertz CT molecular complexity index is 365. The van der Waals surface area contributed by atoms with Crippen molar-refractivity contribution in [1.82, 2.24) is 14.8 Å². The number of halogens is 1. The second kappa shape index (κ2) is 6.69.